The van der Waals surface area contributed by atoms with E-state index in [0.717, 1.165) is 23.6 Å². The molecule has 144 valence electrons. The van der Waals surface area contributed by atoms with Crippen LogP contribution in [-0.4, -0.2) is 49.1 Å². The lowest BCUT2D eigenvalue weighted by Crippen LogP contribution is -2.28. The van der Waals surface area contributed by atoms with Crippen molar-refractivity contribution in [2.45, 2.75) is 26.3 Å². The molecule has 2 rings (SSSR count). The minimum atomic E-state index is -0.209. The second-order valence-electron chi connectivity index (χ2n) is 6.26. The molecule has 0 bridgehead atoms. The van der Waals surface area contributed by atoms with Crippen molar-refractivity contribution < 1.29 is 14.3 Å². The lowest BCUT2D eigenvalue weighted by atomic mass is 10.3. The van der Waals surface area contributed by atoms with Crippen molar-refractivity contribution in [3.05, 3.63) is 35.3 Å². The van der Waals surface area contributed by atoms with Gasteiger partial charge in [-0.25, -0.2) is 4.98 Å². The van der Waals surface area contributed by atoms with Gasteiger partial charge in [-0.2, -0.15) is 0 Å². The largest absolute Gasteiger partial charge is 0.494 e. The van der Waals surface area contributed by atoms with Gasteiger partial charge in [0.2, 0.25) is 5.91 Å². The second-order valence-corrected chi connectivity index (χ2v) is 7.25. The van der Waals surface area contributed by atoms with Crippen molar-refractivity contribution in [2.75, 3.05) is 27.2 Å². The van der Waals surface area contributed by atoms with Crippen molar-refractivity contribution in [2.24, 2.45) is 0 Å². The number of hydrogen-bond acceptors (Lipinski definition) is 6. The zero-order valence-electron chi connectivity index (χ0n) is 16.1. The molecule has 1 unspecified atom stereocenters. The molecule has 2 aromatic rings. The fraction of sp³-hybridized carbons (Fsp3) is 0.400. The Morgan fingerprint density at radius 3 is 2.67 bits per heavy atom. The molecule has 1 N–H and O–H groups in total. The van der Waals surface area contributed by atoms with E-state index in [0.29, 0.717) is 17.6 Å². The summed E-state index contributed by atoms with van der Waals surface area (Å²) >= 11 is 1.36. The standard InChI is InChI=1S/C20H25N3O3S/c1-15(22-16(2)24)6-11-19-14-21-20(27-19)26-18-9-7-17(8-10-18)25-13-5-12-23(3)4/h7-10,14-15H,5,12-13H2,1-4H3,(H,22,24). The lowest BCUT2D eigenvalue weighted by Gasteiger charge is -2.10. The molecule has 7 heteroatoms. The fourth-order valence-corrected chi connectivity index (χ4v) is 2.81. The van der Waals surface area contributed by atoms with Crippen LogP contribution in [0.15, 0.2) is 30.5 Å². The lowest BCUT2D eigenvalue weighted by molar-refractivity contribution is -0.119. The van der Waals surface area contributed by atoms with Crippen molar-refractivity contribution in [3.8, 4) is 28.5 Å². The molecule has 0 saturated carbocycles. The van der Waals surface area contributed by atoms with Crippen molar-refractivity contribution in [1.29, 1.82) is 0 Å². The van der Waals surface area contributed by atoms with Gasteiger partial charge < -0.3 is 19.7 Å². The third-order valence-electron chi connectivity index (χ3n) is 3.36. The summed E-state index contributed by atoms with van der Waals surface area (Å²) in [6, 6.07) is 7.27. The fourth-order valence-electron chi connectivity index (χ4n) is 2.16. The number of thiazole rings is 1. The number of amides is 1. The molecule has 0 aliphatic heterocycles. The molecule has 1 atom stereocenters. The highest BCUT2D eigenvalue weighted by molar-refractivity contribution is 7.13. The number of rotatable bonds is 8. The molecule has 1 amide bonds. The van der Waals surface area contributed by atoms with E-state index < -0.39 is 0 Å². The first-order valence-corrected chi connectivity index (χ1v) is 9.54. The molecule has 0 radical (unpaired) electrons. The maximum absolute atomic E-state index is 11.0. The number of aromatic nitrogens is 1. The van der Waals surface area contributed by atoms with Crippen LogP contribution in [0.3, 0.4) is 0 Å². The summed E-state index contributed by atoms with van der Waals surface area (Å²) in [5.41, 5.74) is 0. The van der Waals surface area contributed by atoms with Gasteiger partial charge in [0.1, 0.15) is 16.4 Å². The van der Waals surface area contributed by atoms with Crippen LogP contribution in [0.1, 0.15) is 25.1 Å². The first-order valence-electron chi connectivity index (χ1n) is 8.72. The molecule has 27 heavy (non-hydrogen) atoms. The Labute approximate surface area is 164 Å². The Balaban J connectivity index is 1.84. The number of benzene rings is 1. The zero-order chi connectivity index (χ0) is 19.6. The van der Waals surface area contributed by atoms with Crippen molar-refractivity contribution >= 4 is 17.2 Å². The van der Waals surface area contributed by atoms with E-state index >= 15 is 0 Å². The van der Waals surface area contributed by atoms with Crippen LogP contribution < -0.4 is 14.8 Å². The first kappa shape index (κ1) is 20.7. The van der Waals surface area contributed by atoms with E-state index in [1.807, 2.05) is 45.3 Å². The maximum Gasteiger partial charge on any atom is 0.279 e. The van der Waals surface area contributed by atoms with Gasteiger partial charge >= 0.3 is 0 Å². The third-order valence-corrected chi connectivity index (χ3v) is 4.15. The normalized spacial score (nSPS) is 11.4. The third kappa shape index (κ3) is 8.11. The predicted octanol–water partition coefficient (Wildman–Crippen LogP) is 3.14. The molecule has 0 aliphatic carbocycles. The van der Waals surface area contributed by atoms with E-state index in [-0.39, 0.29) is 11.9 Å². The van der Waals surface area contributed by atoms with Gasteiger partial charge in [-0.05, 0) is 51.7 Å². The number of nitrogens with zero attached hydrogens (tertiary/aromatic N) is 2. The first-order chi connectivity index (χ1) is 12.9. The summed E-state index contributed by atoms with van der Waals surface area (Å²) in [5.74, 6) is 7.36. The Bertz CT molecular complexity index is 791. The van der Waals surface area contributed by atoms with E-state index in [2.05, 4.69) is 27.0 Å². The molecule has 1 aromatic heterocycles. The van der Waals surface area contributed by atoms with Crippen LogP contribution in [0.2, 0.25) is 0 Å². The number of carbonyl (C=O) groups excluding carboxylic acids is 1. The highest BCUT2D eigenvalue weighted by Gasteiger charge is 2.04. The van der Waals surface area contributed by atoms with Crippen molar-refractivity contribution in [3.63, 3.8) is 0 Å². The number of carbonyl (C=O) groups is 1. The molecule has 1 heterocycles. The Kier molecular flexibility index (Phi) is 8.11. The monoisotopic (exact) mass is 387 g/mol. The molecule has 6 nitrogen and oxygen atoms in total. The number of ether oxygens (including phenoxy) is 2. The summed E-state index contributed by atoms with van der Waals surface area (Å²) in [6.07, 6.45) is 2.64. The summed E-state index contributed by atoms with van der Waals surface area (Å²) in [5, 5.41) is 3.23. The highest BCUT2D eigenvalue weighted by Crippen LogP contribution is 2.27. The van der Waals surface area contributed by atoms with E-state index in [1.54, 1.807) is 6.20 Å². The molecule has 0 aliphatic rings. The minimum absolute atomic E-state index is 0.102. The number of nitrogens with one attached hydrogen (secondary N) is 1. The number of hydrogen-bond donors (Lipinski definition) is 1. The molecule has 1 aromatic carbocycles. The molecule has 0 fully saturated rings. The smallest absolute Gasteiger partial charge is 0.279 e. The molecule has 0 spiro atoms. The SMILES string of the molecule is CC(=O)NC(C)C#Cc1cnc(Oc2ccc(OCCCN(C)C)cc2)s1. The Morgan fingerprint density at radius 1 is 1.30 bits per heavy atom. The zero-order valence-corrected chi connectivity index (χ0v) is 16.9. The van der Waals surface area contributed by atoms with Crippen LogP contribution in [0.5, 0.6) is 16.7 Å². The predicted molar refractivity (Wildman–Crippen MR) is 107 cm³/mol. The Morgan fingerprint density at radius 2 is 2.00 bits per heavy atom. The van der Waals surface area contributed by atoms with E-state index in [9.17, 15) is 4.79 Å². The Hall–Kier alpha value is -2.56. The van der Waals surface area contributed by atoms with Crippen LogP contribution >= 0.6 is 11.3 Å². The molecule has 0 saturated heterocycles. The summed E-state index contributed by atoms with van der Waals surface area (Å²) < 4.78 is 11.5. The average molecular weight is 388 g/mol. The van der Waals surface area contributed by atoms with E-state index in [1.165, 1.54) is 18.3 Å². The highest BCUT2D eigenvalue weighted by atomic mass is 32.1. The maximum atomic E-state index is 11.0. The minimum Gasteiger partial charge on any atom is -0.494 e. The van der Waals surface area contributed by atoms with E-state index in [4.69, 9.17) is 9.47 Å². The van der Waals surface area contributed by atoms with Crippen LogP contribution in [0, 0.1) is 11.8 Å². The van der Waals surface area contributed by atoms with Gasteiger partial charge in [0, 0.05) is 13.5 Å². The van der Waals surface area contributed by atoms with Gasteiger partial charge in [-0.15, -0.1) is 0 Å². The quantitative estimate of drug-likeness (QED) is 0.557. The average Bonchev–Trinajstić information content (AvgIpc) is 3.05. The summed E-state index contributed by atoms with van der Waals surface area (Å²) in [7, 11) is 4.09. The summed E-state index contributed by atoms with van der Waals surface area (Å²) in [4.78, 5) is 18.1. The van der Waals surface area contributed by atoms with Crippen LogP contribution in [0.4, 0.5) is 0 Å². The van der Waals surface area contributed by atoms with Gasteiger partial charge in [0.15, 0.2) is 0 Å². The second kappa shape index (κ2) is 10.6. The van der Waals surface area contributed by atoms with Crippen molar-refractivity contribution in [1.82, 2.24) is 15.2 Å². The van der Waals surface area contributed by atoms with Crippen LogP contribution in [-0.2, 0) is 4.79 Å². The summed E-state index contributed by atoms with van der Waals surface area (Å²) in [6.45, 7) is 4.98. The van der Waals surface area contributed by atoms with Crippen LogP contribution in [0.25, 0.3) is 0 Å². The van der Waals surface area contributed by atoms with Gasteiger partial charge in [0.25, 0.3) is 5.19 Å². The van der Waals surface area contributed by atoms with Gasteiger partial charge in [0.05, 0.1) is 18.8 Å². The van der Waals surface area contributed by atoms with Gasteiger partial charge in [-0.1, -0.05) is 23.2 Å². The molecular weight excluding hydrogens is 362 g/mol. The topological polar surface area (TPSA) is 63.7 Å². The molecular formula is C20H25N3O3S. The van der Waals surface area contributed by atoms with Gasteiger partial charge in [-0.3, -0.25) is 4.79 Å².